The highest BCUT2D eigenvalue weighted by atomic mass is 35.5. The molecule has 2 aromatic heterocycles. The van der Waals surface area contributed by atoms with Crippen molar-refractivity contribution in [1.82, 2.24) is 19.6 Å². The molecule has 6 heteroatoms. The Balaban J connectivity index is 2.88. The van der Waals surface area contributed by atoms with Crippen molar-refractivity contribution in [3.05, 3.63) is 16.5 Å². The smallest absolute Gasteiger partial charge is 0.192 e. The van der Waals surface area contributed by atoms with Gasteiger partial charge < -0.3 is 0 Å². The Kier molecular flexibility index (Phi) is 2.36. The molecule has 0 aromatic carbocycles. The fourth-order valence-corrected chi connectivity index (χ4v) is 1.93. The first-order valence-electron chi connectivity index (χ1n) is 4.07. The molecule has 0 aliphatic heterocycles. The predicted octanol–water partition coefficient (Wildman–Crippen LogP) is 2.12. The number of aromatic nitrogens is 4. The second-order valence-corrected chi connectivity index (χ2v) is 4.04. The van der Waals surface area contributed by atoms with Crippen molar-refractivity contribution in [2.75, 3.05) is 6.26 Å². The summed E-state index contributed by atoms with van der Waals surface area (Å²) >= 11 is 7.47. The summed E-state index contributed by atoms with van der Waals surface area (Å²) in [6.45, 7) is 3.74. The van der Waals surface area contributed by atoms with Gasteiger partial charge in [0.2, 0.25) is 0 Å². The molecule has 0 fully saturated rings. The summed E-state index contributed by atoms with van der Waals surface area (Å²) in [6.07, 6.45) is 1.93. The molecule has 0 aliphatic rings. The monoisotopic (exact) mass is 228 g/mol. The minimum Gasteiger partial charge on any atom is -0.212 e. The van der Waals surface area contributed by atoms with E-state index in [4.69, 9.17) is 11.6 Å². The van der Waals surface area contributed by atoms with Crippen LogP contribution in [0.25, 0.3) is 5.65 Å². The first-order valence-corrected chi connectivity index (χ1v) is 5.67. The van der Waals surface area contributed by atoms with Crippen LogP contribution >= 0.6 is 23.4 Å². The Labute approximate surface area is 90.7 Å². The van der Waals surface area contributed by atoms with Gasteiger partial charge in [0, 0.05) is 5.56 Å². The van der Waals surface area contributed by atoms with Crippen LogP contribution in [0.4, 0.5) is 0 Å². The summed E-state index contributed by atoms with van der Waals surface area (Å²) < 4.78 is 1.72. The van der Waals surface area contributed by atoms with Gasteiger partial charge in [-0.1, -0.05) is 23.4 Å². The zero-order valence-corrected chi connectivity index (χ0v) is 9.65. The lowest BCUT2D eigenvalue weighted by Gasteiger charge is -2.02. The van der Waals surface area contributed by atoms with Crippen molar-refractivity contribution >= 4 is 29.0 Å². The Morgan fingerprint density at radius 3 is 2.64 bits per heavy atom. The molecule has 0 atom stereocenters. The Hall–Kier alpha value is -0.810. The van der Waals surface area contributed by atoms with E-state index in [2.05, 4.69) is 15.1 Å². The fraction of sp³-hybridized carbons (Fsp3) is 0.375. The molecule has 0 N–H and O–H groups in total. The average molecular weight is 229 g/mol. The maximum atomic E-state index is 5.98. The van der Waals surface area contributed by atoms with Crippen LogP contribution in [0.15, 0.2) is 5.16 Å². The van der Waals surface area contributed by atoms with E-state index in [1.165, 1.54) is 11.8 Å². The third-order valence-electron chi connectivity index (χ3n) is 1.92. The van der Waals surface area contributed by atoms with Crippen molar-refractivity contribution in [3.63, 3.8) is 0 Å². The van der Waals surface area contributed by atoms with E-state index < -0.39 is 0 Å². The van der Waals surface area contributed by atoms with Gasteiger partial charge >= 0.3 is 0 Å². The maximum Gasteiger partial charge on any atom is 0.192 e. The summed E-state index contributed by atoms with van der Waals surface area (Å²) in [5, 5.41) is 5.50. The molecule has 2 heterocycles. The maximum absolute atomic E-state index is 5.98. The Bertz CT molecular complexity index is 494. The molecule has 74 valence electrons. The second-order valence-electron chi connectivity index (χ2n) is 2.91. The lowest BCUT2D eigenvalue weighted by molar-refractivity contribution is 0.781. The highest BCUT2D eigenvalue weighted by Crippen LogP contribution is 2.22. The number of aryl methyl sites for hydroxylation is 2. The molecule has 0 aliphatic carbocycles. The Morgan fingerprint density at radius 1 is 1.29 bits per heavy atom. The van der Waals surface area contributed by atoms with Crippen LogP contribution in [0.5, 0.6) is 0 Å². The topological polar surface area (TPSA) is 43.1 Å². The molecule has 2 aromatic rings. The molecular weight excluding hydrogens is 220 g/mol. The molecule has 0 bridgehead atoms. The fourth-order valence-electron chi connectivity index (χ4n) is 1.23. The lowest BCUT2D eigenvalue weighted by atomic mass is 10.4. The zero-order chi connectivity index (χ0) is 10.3. The van der Waals surface area contributed by atoms with Gasteiger partial charge in [-0.3, -0.25) is 0 Å². The molecule has 0 saturated carbocycles. The molecule has 4 nitrogen and oxygen atoms in total. The van der Waals surface area contributed by atoms with Gasteiger partial charge in [0.25, 0.3) is 0 Å². The number of nitrogens with zero attached hydrogens (tertiary/aromatic N) is 4. The summed E-state index contributed by atoms with van der Waals surface area (Å²) in [4.78, 5) is 8.52. The number of hydrogen-bond donors (Lipinski definition) is 0. The number of rotatable bonds is 1. The van der Waals surface area contributed by atoms with Crippen LogP contribution in [0.3, 0.4) is 0 Å². The van der Waals surface area contributed by atoms with Gasteiger partial charge in [0.1, 0.15) is 11.0 Å². The number of thioether (sulfide) groups is 1. The SMILES string of the molecule is CSc1nc(Cl)c(C)c2nc(C)nn12. The summed E-state index contributed by atoms with van der Waals surface area (Å²) in [5.41, 5.74) is 1.65. The van der Waals surface area contributed by atoms with E-state index in [0.29, 0.717) is 5.15 Å². The molecule has 0 amide bonds. The third-order valence-corrected chi connectivity index (χ3v) is 2.91. The van der Waals surface area contributed by atoms with Gasteiger partial charge in [0.15, 0.2) is 10.8 Å². The normalized spacial score (nSPS) is 11.1. The van der Waals surface area contributed by atoms with Gasteiger partial charge in [-0.2, -0.15) is 4.52 Å². The van der Waals surface area contributed by atoms with Crippen LogP contribution in [0.1, 0.15) is 11.4 Å². The van der Waals surface area contributed by atoms with Crippen molar-refractivity contribution < 1.29 is 0 Å². The molecule has 14 heavy (non-hydrogen) atoms. The van der Waals surface area contributed by atoms with Gasteiger partial charge in [0.05, 0.1) is 0 Å². The predicted molar refractivity (Wildman–Crippen MR) is 57.0 cm³/mol. The quantitative estimate of drug-likeness (QED) is 0.426. The summed E-state index contributed by atoms with van der Waals surface area (Å²) in [6, 6.07) is 0. The van der Waals surface area contributed by atoms with Crippen LogP contribution in [-0.2, 0) is 0 Å². The number of fused-ring (bicyclic) bond motifs is 1. The molecule has 0 unspecified atom stereocenters. The Morgan fingerprint density at radius 2 is 2.00 bits per heavy atom. The highest BCUT2D eigenvalue weighted by molar-refractivity contribution is 7.98. The van der Waals surface area contributed by atoms with E-state index in [9.17, 15) is 0 Å². The van der Waals surface area contributed by atoms with Crippen LogP contribution in [0, 0.1) is 13.8 Å². The minimum absolute atomic E-state index is 0.495. The van der Waals surface area contributed by atoms with E-state index in [1.807, 2.05) is 20.1 Å². The summed E-state index contributed by atoms with van der Waals surface area (Å²) in [5.74, 6) is 0.729. The number of halogens is 1. The molecule has 0 saturated heterocycles. The first-order chi connectivity index (χ1) is 6.63. The zero-order valence-electron chi connectivity index (χ0n) is 8.08. The van der Waals surface area contributed by atoms with E-state index >= 15 is 0 Å². The molecule has 0 radical (unpaired) electrons. The van der Waals surface area contributed by atoms with Gasteiger partial charge in [-0.05, 0) is 20.1 Å². The lowest BCUT2D eigenvalue weighted by Crippen LogP contribution is -1.99. The second kappa shape index (κ2) is 3.40. The number of hydrogen-bond acceptors (Lipinski definition) is 4. The standard InChI is InChI=1S/C8H9ClN4S/c1-4-6(9)11-8(14-3)13-7(4)10-5(2)12-13/h1-3H3. The minimum atomic E-state index is 0.495. The van der Waals surface area contributed by atoms with Crippen LogP contribution in [0.2, 0.25) is 5.15 Å². The average Bonchev–Trinajstić information content (AvgIpc) is 2.54. The first kappa shape index (κ1) is 9.73. The van der Waals surface area contributed by atoms with Crippen LogP contribution in [-0.4, -0.2) is 25.8 Å². The van der Waals surface area contributed by atoms with Crippen molar-refractivity contribution in [2.24, 2.45) is 0 Å². The van der Waals surface area contributed by atoms with Crippen molar-refractivity contribution in [1.29, 1.82) is 0 Å². The largest absolute Gasteiger partial charge is 0.212 e. The molecule has 2 rings (SSSR count). The molecule has 0 spiro atoms. The third kappa shape index (κ3) is 1.36. The van der Waals surface area contributed by atoms with E-state index in [1.54, 1.807) is 4.52 Å². The highest BCUT2D eigenvalue weighted by Gasteiger charge is 2.11. The van der Waals surface area contributed by atoms with Gasteiger partial charge in [-0.15, -0.1) is 5.10 Å². The summed E-state index contributed by atoms with van der Waals surface area (Å²) in [7, 11) is 0. The van der Waals surface area contributed by atoms with E-state index in [0.717, 1.165) is 22.2 Å². The van der Waals surface area contributed by atoms with Gasteiger partial charge in [-0.25, -0.2) is 9.97 Å². The molecular formula is C8H9ClN4S. The van der Waals surface area contributed by atoms with E-state index in [-0.39, 0.29) is 0 Å². The van der Waals surface area contributed by atoms with Crippen molar-refractivity contribution in [3.8, 4) is 0 Å². The van der Waals surface area contributed by atoms with Crippen LogP contribution < -0.4 is 0 Å². The van der Waals surface area contributed by atoms with Crippen molar-refractivity contribution in [2.45, 2.75) is 19.0 Å².